The van der Waals surface area contributed by atoms with Crippen molar-refractivity contribution < 1.29 is 17.9 Å². The molecule has 0 aromatic heterocycles. The highest BCUT2D eigenvalue weighted by atomic mass is 32.2. The average molecular weight is 436 g/mol. The summed E-state index contributed by atoms with van der Waals surface area (Å²) in [4.78, 5) is 3.63. The smallest absolute Gasteiger partial charge is 0.211 e. The number of hydrogen-bond acceptors (Lipinski definition) is 5. The third-order valence-corrected chi connectivity index (χ3v) is 7.01. The molecule has 1 aliphatic heterocycles. The lowest BCUT2D eigenvalue weighted by molar-refractivity contribution is -0.0975. The van der Waals surface area contributed by atoms with E-state index in [0.717, 1.165) is 16.7 Å². The Bertz CT molecular complexity index is 968. The number of hydrogen-bond donors (Lipinski definition) is 2. The number of rotatable bonds is 8. The van der Waals surface area contributed by atoms with Crippen LogP contribution in [0.3, 0.4) is 0 Å². The van der Waals surface area contributed by atoms with Crippen LogP contribution in [0.5, 0.6) is 0 Å². The molecule has 8 heteroatoms. The minimum absolute atomic E-state index is 0.0154. The third kappa shape index (κ3) is 5.44. The van der Waals surface area contributed by atoms with Crippen LogP contribution in [-0.2, 0) is 16.4 Å². The lowest BCUT2D eigenvalue weighted by Crippen LogP contribution is -2.53. The fourth-order valence-electron chi connectivity index (χ4n) is 3.96. The maximum absolute atomic E-state index is 13.6. The van der Waals surface area contributed by atoms with Gasteiger partial charge in [0.15, 0.2) is 6.35 Å². The van der Waals surface area contributed by atoms with Gasteiger partial charge in [0.2, 0.25) is 10.0 Å². The highest BCUT2D eigenvalue weighted by molar-refractivity contribution is 7.89. The van der Waals surface area contributed by atoms with Gasteiger partial charge in [-0.2, -0.15) is 0 Å². The molecule has 30 heavy (non-hydrogen) atoms. The summed E-state index contributed by atoms with van der Waals surface area (Å²) in [6.07, 6.45) is 0.376. The van der Waals surface area contributed by atoms with E-state index in [2.05, 4.69) is 4.72 Å². The van der Waals surface area contributed by atoms with Crippen molar-refractivity contribution in [2.75, 3.05) is 26.4 Å². The van der Waals surface area contributed by atoms with E-state index in [1.165, 1.54) is 12.1 Å². The predicted molar refractivity (Wildman–Crippen MR) is 117 cm³/mol. The normalized spacial score (nSPS) is 21.3. The zero-order chi connectivity index (χ0) is 21.9. The second kappa shape index (κ2) is 9.53. The van der Waals surface area contributed by atoms with Crippen molar-refractivity contribution in [3.05, 3.63) is 59.9 Å². The van der Waals surface area contributed by atoms with Crippen molar-refractivity contribution in [3.63, 3.8) is 0 Å². The zero-order valence-corrected chi connectivity index (χ0v) is 18.4. The van der Waals surface area contributed by atoms with E-state index in [1.807, 2.05) is 35.2 Å². The highest BCUT2D eigenvalue weighted by Gasteiger charge is 2.39. The first kappa shape index (κ1) is 22.8. The molecule has 3 atom stereocenters. The van der Waals surface area contributed by atoms with Crippen LogP contribution in [0.15, 0.2) is 48.5 Å². The summed E-state index contributed by atoms with van der Waals surface area (Å²) in [5, 5.41) is 10.6. The summed E-state index contributed by atoms with van der Waals surface area (Å²) in [5.41, 5.74) is 2.69. The van der Waals surface area contributed by atoms with Gasteiger partial charge in [-0.1, -0.05) is 36.4 Å². The Kier molecular flexibility index (Phi) is 7.26. The van der Waals surface area contributed by atoms with Crippen LogP contribution >= 0.6 is 0 Å². The molecule has 1 saturated heterocycles. The number of benzene rings is 2. The summed E-state index contributed by atoms with van der Waals surface area (Å²) >= 11 is 0. The van der Waals surface area contributed by atoms with Gasteiger partial charge in [0.25, 0.3) is 0 Å². The number of halogens is 1. The van der Waals surface area contributed by atoms with Crippen molar-refractivity contribution in [2.45, 2.75) is 38.2 Å². The summed E-state index contributed by atoms with van der Waals surface area (Å²) in [6.45, 7) is 2.20. The quantitative estimate of drug-likeness (QED) is 0.623. The topological polar surface area (TPSA) is 72.9 Å². The van der Waals surface area contributed by atoms with Crippen molar-refractivity contribution in [1.82, 2.24) is 14.5 Å². The fraction of sp³-hybridized carbons (Fsp3) is 0.455. The molecule has 6 nitrogen and oxygen atoms in total. The molecular weight excluding hydrogens is 405 g/mol. The van der Waals surface area contributed by atoms with E-state index in [0.29, 0.717) is 19.4 Å². The number of sulfonamides is 1. The van der Waals surface area contributed by atoms with E-state index in [9.17, 15) is 17.9 Å². The number of aliphatic hydroxyl groups is 1. The van der Waals surface area contributed by atoms with E-state index in [4.69, 9.17) is 0 Å². The molecular formula is C22H30FN3O3S. The van der Waals surface area contributed by atoms with Crippen LogP contribution in [0.1, 0.15) is 18.9 Å². The molecule has 1 aliphatic rings. The second-order valence-corrected chi connectivity index (χ2v) is 9.99. The molecule has 0 saturated carbocycles. The van der Waals surface area contributed by atoms with Gasteiger partial charge in [-0.3, -0.25) is 9.80 Å². The maximum atomic E-state index is 13.6. The Labute approximate surface area is 178 Å². The van der Waals surface area contributed by atoms with Gasteiger partial charge in [-0.05, 0) is 62.7 Å². The van der Waals surface area contributed by atoms with Crippen molar-refractivity contribution in [3.8, 4) is 11.1 Å². The Balaban J connectivity index is 1.88. The molecule has 0 bridgehead atoms. The van der Waals surface area contributed by atoms with Gasteiger partial charge >= 0.3 is 0 Å². The lowest BCUT2D eigenvalue weighted by Gasteiger charge is -2.35. The fourth-order valence-corrected chi connectivity index (χ4v) is 4.86. The Morgan fingerprint density at radius 3 is 2.50 bits per heavy atom. The number of nitrogens with zero attached hydrogens (tertiary/aromatic N) is 2. The molecule has 1 fully saturated rings. The van der Waals surface area contributed by atoms with Crippen LogP contribution < -0.4 is 4.72 Å². The summed E-state index contributed by atoms with van der Waals surface area (Å²) in [7, 11) is 0.208. The summed E-state index contributed by atoms with van der Waals surface area (Å²) < 4.78 is 40.8. The van der Waals surface area contributed by atoms with Crippen LogP contribution in [0.25, 0.3) is 11.1 Å². The van der Waals surface area contributed by atoms with Crippen molar-refractivity contribution in [1.29, 1.82) is 0 Å². The molecule has 3 rings (SSSR count). The summed E-state index contributed by atoms with van der Waals surface area (Å²) in [6, 6.07) is 13.8. The first-order chi connectivity index (χ1) is 14.2. The van der Waals surface area contributed by atoms with E-state index < -0.39 is 16.4 Å². The van der Waals surface area contributed by atoms with Gasteiger partial charge in [-0.15, -0.1) is 0 Å². The third-order valence-electron chi connectivity index (χ3n) is 5.59. The van der Waals surface area contributed by atoms with Gasteiger partial charge in [0.05, 0.1) is 5.75 Å². The van der Waals surface area contributed by atoms with Gasteiger partial charge in [0, 0.05) is 18.6 Å². The Morgan fingerprint density at radius 1 is 1.20 bits per heavy atom. The molecule has 2 aromatic rings. The van der Waals surface area contributed by atoms with E-state index >= 15 is 0 Å². The highest BCUT2D eigenvalue weighted by Crippen LogP contribution is 2.27. The van der Waals surface area contributed by atoms with Crippen LogP contribution in [-0.4, -0.2) is 68.2 Å². The zero-order valence-electron chi connectivity index (χ0n) is 17.6. The van der Waals surface area contributed by atoms with Gasteiger partial charge in [0.1, 0.15) is 5.82 Å². The number of aliphatic hydroxyl groups excluding tert-OH is 1. The molecule has 0 amide bonds. The minimum atomic E-state index is -3.37. The molecule has 1 unspecified atom stereocenters. The van der Waals surface area contributed by atoms with E-state index in [-0.39, 0.29) is 23.7 Å². The van der Waals surface area contributed by atoms with Crippen LogP contribution in [0.2, 0.25) is 0 Å². The standard InChI is InChI=1S/C22H30FN3O3S/c1-4-30(28,29)24-20-11-12-26(22(27)25(2)3)21(20)14-16-7-5-8-17(13-16)18-9-6-10-19(23)15-18/h5-10,13,15,20-22,24,27H,4,11-12,14H2,1-3H3/t20-,21-,22?/m0/s1. The largest absolute Gasteiger partial charge is 0.365 e. The first-order valence-corrected chi connectivity index (χ1v) is 11.8. The molecule has 0 spiro atoms. The Morgan fingerprint density at radius 2 is 1.87 bits per heavy atom. The molecule has 164 valence electrons. The number of likely N-dealkylation sites (tertiary alicyclic amines) is 1. The van der Waals surface area contributed by atoms with Gasteiger partial charge < -0.3 is 5.11 Å². The van der Waals surface area contributed by atoms with Crippen molar-refractivity contribution in [2.24, 2.45) is 0 Å². The molecule has 2 N–H and O–H groups in total. The lowest BCUT2D eigenvalue weighted by atomic mass is 9.97. The average Bonchev–Trinajstić information content (AvgIpc) is 3.09. The molecule has 0 aliphatic carbocycles. The van der Waals surface area contributed by atoms with Crippen LogP contribution in [0, 0.1) is 5.82 Å². The Hall–Kier alpha value is -1.84. The summed E-state index contributed by atoms with van der Waals surface area (Å²) in [5.74, 6) is -0.273. The SMILES string of the molecule is CCS(=O)(=O)N[C@H]1CCN(C(O)N(C)C)[C@H]1Cc1cccc(-c2cccc(F)c2)c1. The predicted octanol–water partition coefficient (Wildman–Crippen LogP) is 2.25. The number of nitrogens with one attached hydrogen (secondary N) is 1. The second-order valence-electron chi connectivity index (χ2n) is 7.95. The van der Waals surface area contributed by atoms with Gasteiger partial charge in [-0.25, -0.2) is 17.5 Å². The van der Waals surface area contributed by atoms with Crippen molar-refractivity contribution >= 4 is 10.0 Å². The van der Waals surface area contributed by atoms with E-state index in [1.54, 1.807) is 32.0 Å². The maximum Gasteiger partial charge on any atom is 0.211 e. The first-order valence-electron chi connectivity index (χ1n) is 10.2. The molecule has 1 heterocycles. The minimum Gasteiger partial charge on any atom is -0.365 e. The molecule has 0 radical (unpaired) electrons. The van der Waals surface area contributed by atoms with Crippen LogP contribution in [0.4, 0.5) is 4.39 Å². The monoisotopic (exact) mass is 435 g/mol. The molecule has 2 aromatic carbocycles.